The maximum Gasteiger partial charge on any atom is 0.180 e. The van der Waals surface area contributed by atoms with Gasteiger partial charge in [0.25, 0.3) is 0 Å². The van der Waals surface area contributed by atoms with E-state index in [1.807, 2.05) is 11.5 Å². The molecule has 0 amide bonds. The van der Waals surface area contributed by atoms with Crippen LogP contribution in [0.15, 0.2) is 23.8 Å². The Bertz CT molecular complexity index is 350. The van der Waals surface area contributed by atoms with E-state index in [9.17, 15) is 0 Å². The standard InChI is InChI=1S/C11H16N2S/c1-4-6-11(3,7-5-2)9-8-14-10(12)13-9/h6,8H,1,5,7H2,2-3H3,(H2,12,13). The van der Waals surface area contributed by atoms with Gasteiger partial charge in [0.2, 0.25) is 0 Å². The smallest absolute Gasteiger partial charge is 0.180 e. The van der Waals surface area contributed by atoms with E-state index in [0.717, 1.165) is 18.5 Å². The largest absolute Gasteiger partial charge is 0.375 e. The molecule has 0 spiro atoms. The van der Waals surface area contributed by atoms with Gasteiger partial charge in [0, 0.05) is 10.8 Å². The Labute approximate surface area is 89.2 Å². The van der Waals surface area contributed by atoms with Gasteiger partial charge in [-0.2, -0.15) is 0 Å². The number of allylic oxidation sites excluding steroid dienone is 1. The molecule has 0 aromatic carbocycles. The number of nitrogens with two attached hydrogens (primary N) is 1. The van der Waals surface area contributed by atoms with Crippen molar-refractivity contribution in [2.75, 3.05) is 5.73 Å². The summed E-state index contributed by atoms with van der Waals surface area (Å²) in [4.78, 5) is 4.32. The Hall–Kier alpha value is -1.05. The highest BCUT2D eigenvalue weighted by molar-refractivity contribution is 7.13. The van der Waals surface area contributed by atoms with Crippen LogP contribution >= 0.6 is 11.3 Å². The molecule has 0 aliphatic carbocycles. The van der Waals surface area contributed by atoms with Crippen molar-refractivity contribution in [2.24, 2.45) is 0 Å². The van der Waals surface area contributed by atoms with Crippen LogP contribution in [0.5, 0.6) is 0 Å². The molecule has 0 radical (unpaired) electrons. The lowest BCUT2D eigenvalue weighted by Gasteiger charge is -2.22. The molecule has 2 N–H and O–H groups in total. The molecule has 1 heterocycles. The van der Waals surface area contributed by atoms with E-state index in [1.165, 1.54) is 11.3 Å². The number of rotatable bonds is 4. The monoisotopic (exact) mass is 208 g/mol. The lowest BCUT2D eigenvalue weighted by molar-refractivity contribution is 0.520. The molecule has 0 aliphatic rings. The molecule has 76 valence electrons. The highest BCUT2D eigenvalue weighted by Gasteiger charge is 2.25. The normalized spacial score (nSPS) is 14.4. The van der Waals surface area contributed by atoms with Crippen molar-refractivity contribution in [2.45, 2.75) is 32.1 Å². The third-order valence-electron chi connectivity index (χ3n) is 2.30. The predicted molar refractivity (Wildman–Crippen MR) is 62.5 cm³/mol. The van der Waals surface area contributed by atoms with Crippen molar-refractivity contribution in [3.63, 3.8) is 0 Å². The van der Waals surface area contributed by atoms with Crippen LogP contribution in [0.1, 0.15) is 32.4 Å². The van der Waals surface area contributed by atoms with E-state index in [-0.39, 0.29) is 5.41 Å². The molecule has 3 heteroatoms. The van der Waals surface area contributed by atoms with Crippen LogP contribution in [0.2, 0.25) is 0 Å². The van der Waals surface area contributed by atoms with Crippen LogP contribution in [0.3, 0.4) is 0 Å². The van der Waals surface area contributed by atoms with E-state index in [4.69, 9.17) is 5.73 Å². The number of nitrogen functional groups attached to an aromatic ring is 1. The van der Waals surface area contributed by atoms with E-state index in [1.54, 1.807) is 0 Å². The second-order valence-corrected chi connectivity index (χ2v) is 4.48. The Kier molecular flexibility index (Phi) is 3.50. The zero-order valence-corrected chi connectivity index (χ0v) is 9.53. The first-order valence-electron chi connectivity index (χ1n) is 4.71. The summed E-state index contributed by atoms with van der Waals surface area (Å²) in [5.74, 6) is 0. The maximum atomic E-state index is 5.63. The number of nitrogens with zero attached hydrogens (tertiary/aromatic N) is 1. The molecule has 0 saturated heterocycles. The summed E-state index contributed by atoms with van der Waals surface area (Å²) in [6.45, 7) is 7.92. The minimum absolute atomic E-state index is 0.0649. The second kappa shape index (κ2) is 4.45. The molecule has 0 saturated carbocycles. The van der Waals surface area contributed by atoms with Crippen molar-refractivity contribution < 1.29 is 0 Å². The van der Waals surface area contributed by atoms with E-state index < -0.39 is 0 Å². The van der Waals surface area contributed by atoms with E-state index in [2.05, 4.69) is 31.1 Å². The van der Waals surface area contributed by atoms with Crippen LogP contribution in [0.4, 0.5) is 5.13 Å². The molecule has 14 heavy (non-hydrogen) atoms. The molecular formula is C11H16N2S. The maximum absolute atomic E-state index is 5.63. The number of thiazole rings is 1. The SMILES string of the molecule is C=C=CC(C)(CCC)c1csc(N)n1. The van der Waals surface area contributed by atoms with Gasteiger partial charge in [-0.05, 0) is 19.4 Å². The highest BCUT2D eigenvalue weighted by Crippen LogP contribution is 2.31. The van der Waals surface area contributed by atoms with Crippen molar-refractivity contribution >= 4 is 16.5 Å². The van der Waals surface area contributed by atoms with Gasteiger partial charge >= 0.3 is 0 Å². The summed E-state index contributed by atoms with van der Waals surface area (Å²) in [6.07, 6.45) is 4.12. The second-order valence-electron chi connectivity index (χ2n) is 3.59. The van der Waals surface area contributed by atoms with Gasteiger partial charge in [-0.3, -0.25) is 0 Å². The first-order valence-corrected chi connectivity index (χ1v) is 5.59. The quantitative estimate of drug-likeness (QED) is 0.772. The van der Waals surface area contributed by atoms with E-state index in [0.29, 0.717) is 5.13 Å². The average molecular weight is 208 g/mol. The lowest BCUT2D eigenvalue weighted by atomic mass is 9.83. The van der Waals surface area contributed by atoms with Crippen molar-refractivity contribution in [1.82, 2.24) is 4.98 Å². The van der Waals surface area contributed by atoms with Gasteiger partial charge in [-0.1, -0.05) is 19.9 Å². The Morgan fingerprint density at radius 3 is 2.93 bits per heavy atom. The Balaban J connectivity index is 3.04. The summed E-state index contributed by atoms with van der Waals surface area (Å²) in [7, 11) is 0. The summed E-state index contributed by atoms with van der Waals surface area (Å²) >= 11 is 1.48. The van der Waals surface area contributed by atoms with Gasteiger partial charge in [0.15, 0.2) is 5.13 Å². The molecule has 1 atom stereocenters. The fourth-order valence-corrected chi connectivity index (χ4v) is 2.27. The average Bonchev–Trinajstić information content (AvgIpc) is 2.53. The molecule has 0 aliphatic heterocycles. The molecule has 1 unspecified atom stereocenters. The number of aromatic nitrogens is 1. The zero-order chi connectivity index (χ0) is 10.6. The predicted octanol–water partition coefficient (Wildman–Crippen LogP) is 3.12. The fourth-order valence-electron chi connectivity index (χ4n) is 1.57. The first-order chi connectivity index (χ1) is 6.62. The number of hydrogen-bond acceptors (Lipinski definition) is 3. The van der Waals surface area contributed by atoms with Crippen LogP contribution in [0.25, 0.3) is 0 Å². The van der Waals surface area contributed by atoms with Crippen molar-refractivity contribution in [1.29, 1.82) is 0 Å². The van der Waals surface area contributed by atoms with Gasteiger partial charge < -0.3 is 5.73 Å². The topological polar surface area (TPSA) is 38.9 Å². The van der Waals surface area contributed by atoms with Crippen molar-refractivity contribution in [3.8, 4) is 0 Å². The molecule has 1 aromatic rings. The molecule has 0 bridgehead atoms. The third-order valence-corrected chi connectivity index (χ3v) is 2.97. The molecule has 1 rings (SSSR count). The van der Waals surface area contributed by atoms with Crippen LogP contribution in [-0.4, -0.2) is 4.98 Å². The van der Waals surface area contributed by atoms with Crippen LogP contribution in [-0.2, 0) is 5.41 Å². The first kappa shape index (κ1) is 11.0. The summed E-state index contributed by atoms with van der Waals surface area (Å²) in [6, 6.07) is 0. The van der Waals surface area contributed by atoms with Crippen molar-refractivity contribution in [3.05, 3.63) is 29.5 Å². The summed E-state index contributed by atoms with van der Waals surface area (Å²) in [5.41, 5.74) is 9.44. The molecule has 0 fully saturated rings. The highest BCUT2D eigenvalue weighted by atomic mass is 32.1. The van der Waals surface area contributed by atoms with Crippen LogP contribution in [0, 0.1) is 0 Å². The Morgan fingerprint density at radius 1 is 1.79 bits per heavy atom. The number of anilines is 1. The minimum atomic E-state index is -0.0649. The van der Waals surface area contributed by atoms with E-state index >= 15 is 0 Å². The zero-order valence-electron chi connectivity index (χ0n) is 8.71. The van der Waals surface area contributed by atoms with Gasteiger partial charge in [-0.25, -0.2) is 4.98 Å². The Morgan fingerprint density at radius 2 is 2.50 bits per heavy atom. The van der Waals surface area contributed by atoms with Gasteiger partial charge in [-0.15, -0.1) is 17.1 Å². The number of hydrogen-bond donors (Lipinski definition) is 1. The van der Waals surface area contributed by atoms with Gasteiger partial charge in [0.1, 0.15) is 0 Å². The fraction of sp³-hybridized carbons (Fsp3) is 0.455. The molecular weight excluding hydrogens is 192 g/mol. The molecule has 2 nitrogen and oxygen atoms in total. The van der Waals surface area contributed by atoms with Crippen LogP contribution < -0.4 is 5.73 Å². The third kappa shape index (κ3) is 2.25. The molecule has 1 aromatic heterocycles. The minimum Gasteiger partial charge on any atom is -0.375 e. The summed E-state index contributed by atoms with van der Waals surface area (Å²) < 4.78 is 0. The lowest BCUT2D eigenvalue weighted by Crippen LogP contribution is -2.18. The van der Waals surface area contributed by atoms with Gasteiger partial charge in [0.05, 0.1) is 5.69 Å². The summed E-state index contributed by atoms with van der Waals surface area (Å²) in [5, 5.41) is 2.64.